The largest absolute Gasteiger partial charge is 0.312 e. The lowest BCUT2D eigenvalue weighted by Gasteiger charge is -2.23. The molecule has 1 heterocycles. The fourth-order valence-electron chi connectivity index (χ4n) is 2.34. The minimum atomic E-state index is 0.401. The van der Waals surface area contributed by atoms with Gasteiger partial charge in [0.2, 0.25) is 0 Å². The Morgan fingerprint density at radius 1 is 1.11 bits per heavy atom. The summed E-state index contributed by atoms with van der Waals surface area (Å²) in [5.74, 6) is 0.486. The lowest BCUT2D eigenvalue weighted by molar-refractivity contribution is 0.516. The van der Waals surface area contributed by atoms with Crippen molar-refractivity contribution in [1.82, 2.24) is 5.32 Å². The van der Waals surface area contributed by atoms with E-state index in [1.54, 1.807) is 0 Å². The third-order valence-electron chi connectivity index (χ3n) is 3.47. The van der Waals surface area contributed by atoms with E-state index in [9.17, 15) is 0 Å². The van der Waals surface area contributed by atoms with Crippen LogP contribution < -0.4 is 5.32 Å². The molecule has 96 valence electrons. The first-order chi connectivity index (χ1) is 8.76. The van der Waals surface area contributed by atoms with E-state index in [0.717, 1.165) is 6.42 Å². The summed E-state index contributed by atoms with van der Waals surface area (Å²) < 4.78 is 0. The normalized spacial score (nSPS) is 14.4. The number of aryl methyl sites for hydroxylation is 1. The highest BCUT2D eigenvalue weighted by molar-refractivity contribution is 7.12. The average Bonchev–Trinajstić information content (AvgIpc) is 2.89. The van der Waals surface area contributed by atoms with Gasteiger partial charge < -0.3 is 5.32 Å². The predicted octanol–water partition coefficient (Wildman–Crippen LogP) is 4.37. The van der Waals surface area contributed by atoms with Gasteiger partial charge in [-0.15, -0.1) is 11.3 Å². The SMILES string of the molecule is CCc1ccc(C(NC)C(C)c2ccccc2)s1. The zero-order valence-electron chi connectivity index (χ0n) is 11.3. The second kappa shape index (κ2) is 6.17. The van der Waals surface area contributed by atoms with Crippen molar-refractivity contribution in [3.63, 3.8) is 0 Å². The zero-order chi connectivity index (χ0) is 13.0. The fraction of sp³-hybridized carbons (Fsp3) is 0.375. The molecule has 18 heavy (non-hydrogen) atoms. The van der Waals surface area contributed by atoms with E-state index in [2.05, 4.69) is 68.7 Å². The molecule has 1 aromatic carbocycles. The molecular formula is C16H21NS. The first kappa shape index (κ1) is 13.3. The van der Waals surface area contributed by atoms with Gasteiger partial charge in [0.15, 0.2) is 0 Å². The number of nitrogens with one attached hydrogen (secondary N) is 1. The highest BCUT2D eigenvalue weighted by Gasteiger charge is 2.20. The van der Waals surface area contributed by atoms with E-state index in [4.69, 9.17) is 0 Å². The van der Waals surface area contributed by atoms with E-state index in [-0.39, 0.29) is 0 Å². The Bertz CT molecular complexity index is 475. The summed E-state index contributed by atoms with van der Waals surface area (Å²) in [7, 11) is 2.05. The summed E-state index contributed by atoms with van der Waals surface area (Å²) in [6.45, 7) is 4.51. The molecule has 0 aliphatic carbocycles. The van der Waals surface area contributed by atoms with Crippen LogP contribution in [-0.2, 0) is 6.42 Å². The van der Waals surface area contributed by atoms with Gasteiger partial charge in [-0.3, -0.25) is 0 Å². The third-order valence-corrected chi connectivity index (χ3v) is 4.79. The van der Waals surface area contributed by atoms with Crippen LogP contribution >= 0.6 is 11.3 Å². The van der Waals surface area contributed by atoms with Crippen LogP contribution in [0.15, 0.2) is 42.5 Å². The van der Waals surface area contributed by atoms with Gasteiger partial charge in [-0.2, -0.15) is 0 Å². The molecular weight excluding hydrogens is 238 g/mol. The van der Waals surface area contributed by atoms with Crippen LogP contribution in [0.4, 0.5) is 0 Å². The van der Waals surface area contributed by atoms with Crippen LogP contribution in [0.5, 0.6) is 0 Å². The maximum Gasteiger partial charge on any atom is 0.0479 e. The molecule has 0 amide bonds. The summed E-state index contributed by atoms with van der Waals surface area (Å²) in [6.07, 6.45) is 1.13. The summed E-state index contributed by atoms with van der Waals surface area (Å²) >= 11 is 1.93. The molecule has 0 aliphatic heterocycles. The lowest BCUT2D eigenvalue weighted by atomic mass is 9.92. The van der Waals surface area contributed by atoms with Gasteiger partial charge in [-0.1, -0.05) is 44.2 Å². The molecule has 0 saturated heterocycles. The van der Waals surface area contributed by atoms with Gasteiger partial charge in [0, 0.05) is 21.7 Å². The van der Waals surface area contributed by atoms with Crippen LogP contribution in [0.1, 0.15) is 41.1 Å². The van der Waals surface area contributed by atoms with Gasteiger partial charge in [-0.25, -0.2) is 0 Å². The number of thiophene rings is 1. The number of hydrogen-bond acceptors (Lipinski definition) is 2. The Kier molecular flexibility index (Phi) is 4.56. The topological polar surface area (TPSA) is 12.0 Å². The minimum absolute atomic E-state index is 0.401. The number of likely N-dealkylation sites (N-methyl/N-ethyl adjacent to an activating group) is 1. The van der Waals surface area contributed by atoms with Crippen LogP contribution in [-0.4, -0.2) is 7.05 Å². The maximum atomic E-state index is 3.46. The lowest BCUT2D eigenvalue weighted by Crippen LogP contribution is -2.21. The number of rotatable bonds is 5. The molecule has 0 bridgehead atoms. The van der Waals surface area contributed by atoms with Crippen molar-refractivity contribution in [2.75, 3.05) is 7.05 Å². The van der Waals surface area contributed by atoms with Crippen LogP contribution in [0.3, 0.4) is 0 Å². The molecule has 1 N–H and O–H groups in total. The van der Waals surface area contributed by atoms with Crippen molar-refractivity contribution in [3.05, 3.63) is 57.8 Å². The van der Waals surface area contributed by atoms with Crippen molar-refractivity contribution in [2.45, 2.75) is 32.2 Å². The molecule has 2 heteroatoms. The molecule has 1 aromatic heterocycles. The van der Waals surface area contributed by atoms with Crippen LogP contribution in [0, 0.1) is 0 Å². The third kappa shape index (κ3) is 2.82. The standard InChI is InChI=1S/C16H21NS/c1-4-14-10-11-15(18-14)16(17-3)12(2)13-8-6-5-7-9-13/h5-12,16-17H,4H2,1-3H3. The average molecular weight is 259 g/mol. The van der Waals surface area contributed by atoms with Crippen LogP contribution in [0.2, 0.25) is 0 Å². The quantitative estimate of drug-likeness (QED) is 0.840. The summed E-state index contributed by atoms with van der Waals surface area (Å²) in [5.41, 5.74) is 1.39. The maximum absolute atomic E-state index is 3.46. The highest BCUT2D eigenvalue weighted by Crippen LogP contribution is 2.34. The zero-order valence-corrected chi connectivity index (χ0v) is 12.1. The highest BCUT2D eigenvalue weighted by atomic mass is 32.1. The van der Waals surface area contributed by atoms with E-state index >= 15 is 0 Å². The van der Waals surface area contributed by atoms with Crippen molar-refractivity contribution >= 4 is 11.3 Å². The van der Waals surface area contributed by atoms with Crippen LogP contribution in [0.25, 0.3) is 0 Å². The Morgan fingerprint density at radius 3 is 2.39 bits per heavy atom. The molecule has 0 radical (unpaired) electrons. The van der Waals surface area contributed by atoms with Gasteiger partial charge in [0.1, 0.15) is 0 Å². The first-order valence-electron chi connectivity index (χ1n) is 6.57. The Labute approximate surface area is 114 Å². The van der Waals surface area contributed by atoms with Crippen molar-refractivity contribution in [3.8, 4) is 0 Å². The second-order valence-corrected chi connectivity index (χ2v) is 5.82. The summed E-state index contributed by atoms with van der Waals surface area (Å²) in [6, 6.07) is 15.6. The van der Waals surface area contributed by atoms with Crippen molar-refractivity contribution in [2.24, 2.45) is 0 Å². The Balaban J connectivity index is 2.23. The molecule has 0 aliphatic rings. The fourth-order valence-corrected chi connectivity index (χ4v) is 3.51. The van der Waals surface area contributed by atoms with E-state index < -0.39 is 0 Å². The number of hydrogen-bond donors (Lipinski definition) is 1. The molecule has 2 aromatic rings. The second-order valence-electron chi connectivity index (χ2n) is 4.62. The molecule has 2 atom stereocenters. The molecule has 2 rings (SSSR count). The monoisotopic (exact) mass is 259 g/mol. The van der Waals surface area contributed by atoms with E-state index in [1.807, 2.05) is 11.3 Å². The molecule has 0 fully saturated rings. The van der Waals surface area contributed by atoms with Gasteiger partial charge >= 0.3 is 0 Å². The molecule has 0 spiro atoms. The Morgan fingerprint density at radius 2 is 1.83 bits per heavy atom. The smallest absolute Gasteiger partial charge is 0.0479 e. The van der Waals surface area contributed by atoms with Gasteiger partial charge in [-0.05, 0) is 31.2 Å². The van der Waals surface area contributed by atoms with Crippen molar-refractivity contribution < 1.29 is 0 Å². The summed E-state index contributed by atoms with van der Waals surface area (Å²) in [4.78, 5) is 2.90. The molecule has 0 saturated carbocycles. The predicted molar refractivity (Wildman–Crippen MR) is 80.4 cm³/mol. The Hall–Kier alpha value is -1.12. The van der Waals surface area contributed by atoms with Gasteiger partial charge in [0.25, 0.3) is 0 Å². The minimum Gasteiger partial charge on any atom is -0.312 e. The molecule has 2 unspecified atom stereocenters. The van der Waals surface area contributed by atoms with E-state index in [1.165, 1.54) is 15.3 Å². The number of benzene rings is 1. The summed E-state index contributed by atoms with van der Waals surface area (Å²) in [5, 5.41) is 3.46. The van der Waals surface area contributed by atoms with Gasteiger partial charge in [0.05, 0.1) is 0 Å². The first-order valence-corrected chi connectivity index (χ1v) is 7.38. The van der Waals surface area contributed by atoms with Crippen molar-refractivity contribution in [1.29, 1.82) is 0 Å². The van der Waals surface area contributed by atoms with E-state index in [0.29, 0.717) is 12.0 Å². The molecule has 1 nitrogen and oxygen atoms in total.